The van der Waals surface area contributed by atoms with E-state index in [1.807, 2.05) is 0 Å². The maximum absolute atomic E-state index is 13.8. The van der Waals surface area contributed by atoms with Crippen molar-refractivity contribution in [1.82, 2.24) is 14.5 Å². The molecule has 1 saturated heterocycles. The fraction of sp³-hybridized carbons (Fsp3) is 0.333. The van der Waals surface area contributed by atoms with Gasteiger partial charge >= 0.3 is 6.18 Å². The smallest absolute Gasteiger partial charge is 0.338 e. The van der Waals surface area contributed by atoms with Crippen molar-refractivity contribution in [2.24, 2.45) is 0 Å². The van der Waals surface area contributed by atoms with E-state index in [9.17, 15) is 26.4 Å². The van der Waals surface area contributed by atoms with Crippen molar-refractivity contribution >= 4 is 38.4 Å². The molecule has 4 rings (SSSR count). The molecule has 1 fully saturated rings. The number of benzene rings is 2. The number of sulfone groups is 1. The van der Waals surface area contributed by atoms with Crippen LogP contribution in [-0.2, 0) is 16.0 Å². The Labute approximate surface area is 187 Å². The molecule has 0 aliphatic carbocycles. The van der Waals surface area contributed by atoms with Crippen LogP contribution >= 0.6 is 11.6 Å². The van der Waals surface area contributed by atoms with Gasteiger partial charge in [0.2, 0.25) is 5.82 Å². The van der Waals surface area contributed by atoms with Gasteiger partial charge < -0.3 is 9.47 Å². The number of nitrogens with zero attached hydrogens (tertiary/aromatic N) is 3. The first-order chi connectivity index (χ1) is 14.9. The van der Waals surface area contributed by atoms with Gasteiger partial charge in [-0.15, -0.1) is 0 Å². The maximum Gasteiger partial charge on any atom is 0.449 e. The molecule has 0 unspecified atom stereocenters. The van der Waals surface area contributed by atoms with Crippen LogP contribution in [0, 0.1) is 0 Å². The summed E-state index contributed by atoms with van der Waals surface area (Å²) in [5, 5.41) is 0.506. The van der Waals surface area contributed by atoms with Gasteiger partial charge in [-0.1, -0.05) is 11.6 Å². The molecular weight excluding hydrogens is 467 g/mol. The number of alkyl halides is 3. The minimum absolute atomic E-state index is 0.0279. The summed E-state index contributed by atoms with van der Waals surface area (Å²) in [5.74, 6) is -1.27. The lowest BCUT2D eigenvalue weighted by Gasteiger charge is -2.33. The normalized spacial score (nSPS) is 16.0. The lowest BCUT2D eigenvalue weighted by molar-refractivity contribution is -0.147. The molecule has 6 nitrogen and oxygen atoms in total. The van der Waals surface area contributed by atoms with E-state index in [4.69, 9.17) is 11.6 Å². The Morgan fingerprint density at radius 2 is 1.72 bits per heavy atom. The van der Waals surface area contributed by atoms with Crippen LogP contribution in [0.1, 0.15) is 35.1 Å². The van der Waals surface area contributed by atoms with Gasteiger partial charge in [0.1, 0.15) is 0 Å². The number of piperidine rings is 1. The average Bonchev–Trinajstić information content (AvgIpc) is 3.13. The van der Waals surface area contributed by atoms with Gasteiger partial charge in [-0.25, -0.2) is 13.4 Å². The van der Waals surface area contributed by atoms with Crippen LogP contribution in [0.15, 0.2) is 47.4 Å². The van der Waals surface area contributed by atoms with Crippen LogP contribution in [0.4, 0.5) is 13.2 Å². The average molecular weight is 486 g/mol. The molecule has 0 bridgehead atoms. The predicted molar refractivity (Wildman–Crippen MR) is 113 cm³/mol. The number of likely N-dealkylation sites (tertiary alicyclic amines) is 1. The predicted octanol–water partition coefficient (Wildman–Crippen LogP) is 4.59. The number of carbonyl (C=O) groups excluding carboxylic acids is 1. The SMILES string of the molecule is CS(=O)(=O)c1ccc2c(c1)nc(C(F)(F)F)n2C1CCN(C(=O)c2ccc(Cl)cc2)CC1. The molecule has 0 saturated carbocycles. The van der Waals surface area contributed by atoms with Crippen molar-refractivity contribution < 1.29 is 26.4 Å². The number of halogens is 4. The lowest BCUT2D eigenvalue weighted by atomic mass is 10.0. The largest absolute Gasteiger partial charge is 0.449 e. The van der Waals surface area contributed by atoms with Crippen LogP contribution in [0.25, 0.3) is 11.0 Å². The summed E-state index contributed by atoms with van der Waals surface area (Å²) in [4.78, 5) is 17.9. The zero-order valence-corrected chi connectivity index (χ0v) is 18.5. The molecule has 0 N–H and O–H groups in total. The van der Waals surface area contributed by atoms with Gasteiger partial charge in [0.25, 0.3) is 5.91 Å². The van der Waals surface area contributed by atoms with Crippen molar-refractivity contribution in [3.63, 3.8) is 0 Å². The minimum atomic E-state index is -4.71. The second-order valence-electron chi connectivity index (χ2n) is 7.76. The van der Waals surface area contributed by atoms with Gasteiger partial charge in [0.05, 0.1) is 15.9 Å². The highest BCUT2D eigenvalue weighted by molar-refractivity contribution is 7.90. The third kappa shape index (κ3) is 4.33. The van der Waals surface area contributed by atoms with E-state index in [0.29, 0.717) is 23.4 Å². The molecule has 32 heavy (non-hydrogen) atoms. The first-order valence-corrected chi connectivity index (χ1v) is 12.1. The monoisotopic (exact) mass is 485 g/mol. The highest BCUT2D eigenvalue weighted by Crippen LogP contribution is 2.37. The third-order valence-electron chi connectivity index (χ3n) is 5.55. The summed E-state index contributed by atoms with van der Waals surface area (Å²) in [6.45, 7) is 0.565. The highest BCUT2D eigenvalue weighted by Gasteiger charge is 2.40. The number of hydrogen-bond acceptors (Lipinski definition) is 4. The fourth-order valence-corrected chi connectivity index (χ4v) is 4.75. The van der Waals surface area contributed by atoms with Crippen LogP contribution in [0.2, 0.25) is 5.02 Å². The Bertz CT molecular complexity index is 1280. The molecular formula is C21H19ClF3N3O3S. The lowest BCUT2D eigenvalue weighted by Crippen LogP contribution is -2.39. The Balaban J connectivity index is 1.63. The molecule has 1 amide bonds. The molecule has 3 aromatic rings. The molecule has 1 aliphatic rings. The van der Waals surface area contributed by atoms with Gasteiger partial charge in [-0.2, -0.15) is 13.2 Å². The van der Waals surface area contributed by atoms with Crippen molar-refractivity contribution in [3.05, 3.63) is 58.9 Å². The second kappa shape index (κ2) is 8.08. The molecule has 2 aromatic carbocycles. The molecule has 2 heterocycles. The van der Waals surface area contributed by atoms with Crippen LogP contribution in [-0.4, -0.2) is 48.1 Å². The number of imidazole rings is 1. The Morgan fingerprint density at radius 1 is 1.09 bits per heavy atom. The van der Waals surface area contributed by atoms with E-state index >= 15 is 0 Å². The van der Waals surface area contributed by atoms with Gasteiger partial charge in [0, 0.05) is 36.0 Å². The van der Waals surface area contributed by atoms with Gasteiger partial charge in [0.15, 0.2) is 9.84 Å². The first kappa shape index (κ1) is 22.6. The summed E-state index contributed by atoms with van der Waals surface area (Å²) >= 11 is 5.85. The number of hydrogen-bond donors (Lipinski definition) is 0. The van der Waals surface area contributed by atoms with E-state index in [2.05, 4.69) is 4.98 Å². The molecule has 0 spiro atoms. The Hall–Kier alpha value is -2.59. The Morgan fingerprint density at radius 3 is 2.28 bits per heavy atom. The molecule has 0 atom stereocenters. The third-order valence-corrected chi connectivity index (χ3v) is 6.91. The summed E-state index contributed by atoms with van der Waals surface area (Å²) in [6.07, 6.45) is -3.10. The number of fused-ring (bicyclic) bond motifs is 1. The number of aromatic nitrogens is 2. The number of rotatable bonds is 3. The summed E-state index contributed by atoms with van der Waals surface area (Å²) in [7, 11) is -3.59. The molecule has 11 heteroatoms. The number of amides is 1. The first-order valence-electron chi connectivity index (χ1n) is 9.79. The van der Waals surface area contributed by atoms with Gasteiger partial charge in [-0.05, 0) is 55.3 Å². The van der Waals surface area contributed by atoms with E-state index < -0.39 is 27.9 Å². The van der Waals surface area contributed by atoms with Crippen LogP contribution < -0.4 is 0 Å². The second-order valence-corrected chi connectivity index (χ2v) is 10.2. The summed E-state index contributed by atoms with van der Waals surface area (Å²) in [5.41, 5.74) is 0.650. The molecule has 1 aromatic heterocycles. The quantitative estimate of drug-likeness (QED) is 0.544. The van der Waals surface area contributed by atoms with Crippen molar-refractivity contribution in [1.29, 1.82) is 0 Å². The van der Waals surface area contributed by atoms with Crippen molar-refractivity contribution in [2.75, 3.05) is 19.3 Å². The van der Waals surface area contributed by atoms with Crippen LogP contribution in [0.5, 0.6) is 0 Å². The molecule has 0 radical (unpaired) electrons. The van der Waals surface area contributed by atoms with Crippen molar-refractivity contribution in [2.45, 2.75) is 30.0 Å². The zero-order chi connectivity index (χ0) is 23.3. The van der Waals surface area contributed by atoms with E-state index in [-0.39, 0.29) is 34.9 Å². The fourth-order valence-electron chi connectivity index (χ4n) is 3.98. The van der Waals surface area contributed by atoms with Crippen molar-refractivity contribution in [3.8, 4) is 0 Å². The van der Waals surface area contributed by atoms with E-state index in [1.165, 1.54) is 12.1 Å². The molecule has 1 aliphatic heterocycles. The summed E-state index contributed by atoms with van der Waals surface area (Å²) in [6, 6.07) is 9.72. The van der Waals surface area contributed by atoms with Crippen LogP contribution in [0.3, 0.4) is 0 Å². The standard InChI is InChI=1S/C21H19ClF3N3O3S/c1-32(30,31)16-6-7-18-17(12-16)26-20(21(23,24)25)28(18)15-8-10-27(11-9-15)19(29)13-2-4-14(22)5-3-13/h2-7,12,15H,8-11H2,1H3. The van der Waals surface area contributed by atoms with E-state index in [0.717, 1.165) is 16.9 Å². The van der Waals surface area contributed by atoms with Gasteiger partial charge in [-0.3, -0.25) is 4.79 Å². The Kier molecular flexibility index (Phi) is 5.70. The minimum Gasteiger partial charge on any atom is -0.338 e. The zero-order valence-electron chi connectivity index (χ0n) is 16.9. The summed E-state index contributed by atoms with van der Waals surface area (Å²) < 4.78 is 66.0. The maximum atomic E-state index is 13.8. The highest BCUT2D eigenvalue weighted by atomic mass is 35.5. The number of carbonyl (C=O) groups is 1. The van der Waals surface area contributed by atoms with E-state index in [1.54, 1.807) is 29.2 Å². The topological polar surface area (TPSA) is 72.3 Å². The molecule has 170 valence electrons.